The molecule has 0 saturated heterocycles. The summed E-state index contributed by atoms with van der Waals surface area (Å²) in [5.74, 6) is 0. The quantitative estimate of drug-likeness (QED) is 0.507. The summed E-state index contributed by atoms with van der Waals surface area (Å²) in [7, 11) is 0. The zero-order chi connectivity index (χ0) is 11.0. The summed E-state index contributed by atoms with van der Waals surface area (Å²) in [5.41, 5.74) is 1.17. The van der Waals surface area contributed by atoms with Gasteiger partial charge in [-0.25, -0.2) is 0 Å². The van der Waals surface area contributed by atoms with Crippen LogP contribution in [0.4, 0.5) is 0 Å². The maximum absolute atomic E-state index is 3.80. The van der Waals surface area contributed by atoms with Crippen LogP contribution in [0.1, 0.15) is 5.56 Å². The molecule has 0 fully saturated rings. The van der Waals surface area contributed by atoms with Crippen LogP contribution >= 0.6 is 0 Å². The van der Waals surface area contributed by atoms with E-state index in [0.29, 0.717) is 0 Å². The fourth-order valence-electron chi connectivity index (χ4n) is 2.16. The molecule has 0 aliphatic rings. The Morgan fingerprint density at radius 1 is 0.750 bits per heavy atom. The highest BCUT2D eigenvalue weighted by atomic mass is 14.0. The third kappa shape index (κ3) is 1.31. The van der Waals surface area contributed by atoms with E-state index in [1.54, 1.807) is 0 Å². The molecule has 0 unspecified atom stereocenters. The largest absolute Gasteiger partial charge is 0.0985 e. The summed E-state index contributed by atoms with van der Waals surface area (Å²) in [6.45, 7) is 3.80. The van der Waals surface area contributed by atoms with Gasteiger partial charge in [0.05, 0.1) is 0 Å². The van der Waals surface area contributed by atoms with E-state index in [1.807, 2.05) is 6.08 Å². The van der Waals surface area contributed by atoms with Crippen molar-refractivity contribution in [1.82, 2.24) is 0 Å². The van der Waals surface area contributed by atoms with Gasteiger partial charge in [-0.3, -0.25) is 0 Å². The maximum atomic E-state index is 3.80. The van der Waals surface area contributed by atoms with Gasteiger partial charge in [-0.2, -0.15) is 0 Å². The first kappa shape index (κ1) is 9.17. The second-order valence-electron chi connectivity index (χ2n) is 3.97. The lowest BCUT2D eigenvalue weighted by atomic mass is 10.0. The Labute approximate surface area is 94.8 Å². The van der Waals surface area contributed by atoms with Crippen LogP contribution in [0.3, 0.4) is 0 Å². The molecule has 0 radical (unpaired) electrons. The van der Waals surface area contributed by atoms with E-state index in [0.717, 1.165) is 0 Å². The Kier molecular flexibility index (Phi) is 2.00. The summed E-state index contributed by atoms with van der Waals surface area (Å²) >= 11 is 0. The molecule has 0 nitrogen and oxygen atoms in total. The fourth-order valence-corrected chi connectivity index (χ4v) is 2.16. The zero-order valence-corrected chi connectivity index (χ0v) is 8.98. The van der Waals surface area contributed by atoms with Gasteiger partial charge in [-0.05, 0) is 33.2 Å². The highest BCUT2D eigenvalue weighted by Crippen LogP contribution is 2.26. The van der Waals surface area contributed by atoms with Crippen molar-refractivity contribution in [2.45, 2.75) is 0 Å². The van der Waals surface area contributed by atoms with Crippen LogP contribution in [-0.2, 0) is 0 Å². The average Bonchev–Trinajstić information content (AvgIpc) is 2.38. The molecule has 0 aliphatic heterocycles. The average molecular weight is 204 g/mol. The van der Waals surface area contributed by atoms with Crippen molar-refractivity contribution >= 4 is 27.6 Å². The van der Waals surface area contributed by atoms with E-state index >= 15 is 0 Å². The molecule has 3 rings (SSSR count). The molecule has 0 aromatic heterocycles. The summed E-state index contributed by atoms with van der Waals surface area (Å²) < 4.78 is 0. The molecule has 0 N–H and O–H groups in total. The van der Waals surface area contributed by atoms with Crippen molar-refractivity contribution in [3.05, 3.63) is 66.7 Å². The molecular formula is C16H12. The molecule has 3 aromatic carbocycles. The minimum atomic E-state index is 1.17. The molecule has 0 spiro atoms. The van der Waals surface area contributed by atoms with Crippen LogP contribution in [0.5, 0.6) is 0 Å². The van der Waals surface area contributed by atoms with E-state index in [2.05, 4.69) is 61.2 Å². The molecular weight excluding hydrogens is 192 g/mol. The minimum Gasteiger partial charge on any atom is -0.0985 e. The molecule has 0 bridgehead atoms. The van der Waals surface area contributed by atoms with Gasteiger partial charge in [0.15, 0.2) is 0 Å². The van der Waals surface area contributed by atoms with E-state index in [4.69, 9.17) is 0 Å². The zero-order valence-electron chi connectivity index (χ0n) is 8.98. The molecule has 3 aromatic rings. The Bertz CT molecular complexity index is 678. The molecule has 0 atom stereocenters. The van der Waals surface area contributed by atoms with Gasteiger partial charge >= 0.3 is 0 Å². The van der Waals surface area contributed by atoms with Crippen LogP contribution in [0.2, 0.25) is 0 Å². The SMILES string of the molecule is C=Cc1ccc2c(ccc3ccccc32)c1. The first-order valence-electron chi connectivity index (χ1n) is 5.42. The van der Waals surface area contributed by atoms with Gasteiger partial charge in [0.1, 0.15) is 0 Å². The van der Waals surface area contributed by atoms with Crippen molar-refractivity contribution in [3.8, 4) is 0 Å². The van der Waals surface area contributed by atoms with Crippen LogP contribution in [-0.4, -0.2) is 0 Å². The van der Waals surface area contributed by atoms with Gasteiger partial charge < -0.3 is 0 Å². The lowest BCUT2D eigenvalue weighted by Gasteiger charge is -2.04. The standard InChI is InChI=1S/C16H12/c1-2-12-7-10-16-14(11-12)9-8-13-5-3-4-6-15(13)16/h2-11H,1H2. The van der Waals surface area contributed by atoms with E-state index in [9.17, 15) is 0 Å². The Balaban J connectivity index is 2.47. The number of hydrogen-bond donors (Lipinski definition) is 0. The summed E-state index contributed by atoms with van der Waals surface area (Å²) in [4.78, 5) is 0. The lowest BCUT2D eigenvalue weighted by molar-refractivity contribution is 1.73. The number of hydrogen-bond acceptors (Lipinski definition) is 0. The predicted molar refractivity (Wildman–Crippen MR) is 71.5 cm³/mol. The summed E-state index contributed by atoms with van der Waals surface area (Å²) in [6, 6.07) is 19.3. The van der Waals surface area contributed by atoms with Crippen LogP contribution in [0, 0.1) is 0 Å². The van der Waals surface area contributed by atoms with E-state index < -0.39 is 0 Å². The van der Waals surface area contributed by atoms with Gasteiger partial charge in [-0.1, -0.05) is 61.2 Å². The van der Waals surface area contributed by atoms with E-state index in [-0.39, 0.29) is 0 Å². The third-order valence-electron chi connectivity index (χ3n) is 3.00. The van der Waals surface area contributed by atoms with Gasteiger partial charge in [0.25, 0.3) is 0 Å². The highest BCUT2D eigenvalue weighted by Gasteiger charge is 1.99. The molecule has 0 aliphatic carbocycles. The Morgan fingerprint density at radius 2 is 1.50 bits per heavy atom. The molecule has 76 valence electrons. The predicted octanol–water partition coefficient (Wildman–Crippen LogP) is 4.64. The topological polar surface area (TPSA) is 0 Å². The van der Waals surface area contributed by atoms with Crippen molar-refractivity contribution < 1.29 is 0 Å². The normalized spacial score (nSPS) is 10.8. The number of benzene rings is 3. The smallest absolute Gasteiger partial charge is 0.0105 e. The highest BCUT2D eigenvalue weighted by molar-refractivity contribution is 6.07. The summed E-state index contributed by atoms with van der Waals surface area (Å²) in [6.07, 6.45) is 1.88. The molecule has 0 amide bonds. The van der Waals surface area contributed by atoms with Crippen molar-refractivity contribution in [1.29, 1.82) is 0 Å². The number of fused-ring (bicyclic) bond motifs is 3. The van der Waals surface area contributed by atoms with Gasteiger partial charge in [0.2, 0.25) is 0 Å². The van der Waals surface area contributed by atoms with Crippen LogP contribution < -0.4 is 0 Å². The molecule has 16 heavy (non-hydrogen) atoms. The minimum absolute atomic E-state index is 1.17. The van der Waals surface area contributed by atoms with Gasteiger partial charge in [0, 0.05) is 0 Å². The summed E-state index contributed by atoms with van der Waals surface area (Å²) in [5, 5.41) is 5.19. The molecule has 0 heteroatoms. The second-order valence-corrected chi connectivity index (χ2v) is 3.97. The van der Waals surface area contributed by atoms with E-state index in [1.165, 1.54) is 27.1 Å². The second kappa shape index (κ2) is 3.49. The van der Waals surface area contributed by atoms with Gasteiger partial charge in [-0.15, -0.1) is 0 Å². The number of rotatable bonds is 1. The molecule has 0 saturated carbocycles. The first-order valence-corrected chi connectivity index (χ1v) is 5.42. The van der Waals surface area contributed by atoms with Crippen LogP contribution in [0.25, 0.3) is 27.6 Å². The maximum Gasteiger partial charge on any atom is -0.0105 e. The Morgan fingerprint density at radius 3 is 2.38 bits per heavy atom. The van der Waals surface area contributed by atoms with Crippen molar-refractivity contribution in [3.63, 3.8) is 0 Å². The lowest BCUT2D eigenvalue weighted by Crippen LogP contribution is -1.78. The van der Waals surface area contributed by atoms with Crippen molar-refractivity contribution in [2.24, 2.45) is 0 Å². The first-order chi connectivity index (χ1) is 7.88. The third-order valence-corrected chi connectivity index (χ3v) is 3.00. The fraction of sp³-hybridized carbons (Fsp3) is 0. The van der Waals surface area contributed by atoms with Crippen molar-refractivity contribution in [2.75, 3.05) is 0 Å². The van der Waals surface area contributed by atoms with Crippen LogP contribution in [0.15, 0.2) is 61.2 Å². The monoisotopic (exact) mass is 204 g/mol. The molecule has 0 heterocycles. The Hall–Kier alpha value is -2.08.